The Balaban J connectivity index is 1.37. The Morgan fingerprint density at radius 2 is 1.87 bits per heavy atom. The summed E-state index contributed by atoms with van der Waals surface area (Å²) < 4.78 is 0. The molecule has 9 nitrogen and oxygen atoms in total. The first-order chi connectivity index (χ1) is 14.5. The molecular weight excluding hydrogens is 386 g/mol. The third-order valence-electron chi connectivity index (χ3n) is 5.66. The number of aromatic amines is 1. The van der Waals surface area contributed by atoms with Gasteiger partial charge in [0.1, 0.15) is 12.6 Å². The van der Waals surface area contributed by atoms with Crippen molar-refractivity contribution in [3.8, 4) is 0 Å². The topological polar surface area (TPSA) is 118 Å². The van der Waals surface area contributed by atoms with Gasteiger partial charge in [-0.2, -0.15) is 4.90 Å². The molecular formula is C21H18N5O4-. The maximum absolute atomic E-state index is 13.1. The first kappa shape index (κ1) is 18.0. The second-order valence-corrected chi connectivity index (χ2v) is 7.42. The van der Waals surface area contributed by atoms with Crippen LogP contribution in [0.3, 0.4) is 0 Å². The SMILES string of the molecule is O=C1C2Cc3c([nH]c4ccccc34)CN2C(=O)CN1NC=C1C=CC(=[N+]([O-])[O-])C=C1. The highest BCUT2D eigenvalue weighted by atomic mass is 16.8. The number of piperazine rings is 1. The van der Waals surface area contributed by atoms with Crippen LogP contribution in [-0.4, -0.2) is 49.9 Å². The van der Waals surface area contributed by atoms with Gasteiger partial charge in [-0.25, -0.2) is 5.01 Å². The van der Waals surface area contributed by atoms with E-state index in [9.17, 15) is 20.0 Å². The molecule has 1 aliphatic carbocycles. The molecule has 1 aromatic heterocycles. The summed E-state index contributed by atoms with van der Waals surface area (Å²) in [4.78, 5) is 30.3. The van der Waals surface area contributed by atoms with Crippen LogP contribution in [-0.2, 0) is 22.6 Å². The number of amides is 2. The fourth-order valence-electron chi connectivity index (χ4n) is 4.13. The molecule has 1 fully saturated rings. The van der Waals surface area contributed by atoms with Gasteiger partial charge in [0, 0.05) is 41.4 Å². The maximum Gasteiger partial charge on any atom is 0.264 e. The molecule has 2 amide bonds. The van der Waals surface area contributed by atoms with Crippen LogP contribution < -0.4 is 5.43 Å². The molecule has 3 heterocycles. The number of nitrogens with zero attached hydrogens (tertiary/aromatic N) is 3. The summed E-state index contributed by atoms with van der Waals surface area (Å²) >= 11 is 0. The average Bonchev–Trinajstić information content (AvgIpc) is 3.12. The zero-order valence-corrected chi connectivity index (χ0v) is 15.9. The number of rotatable bonds is 2. The molecule has 0 spiro atoms. The van der Waals surface area contributed by atoms with Crippen LogP contribution >= 0.6 is 0 Å². The number of hydrogen-bond donors (Lipinski definition) is 2. The molecule has 0 saturated carbocycles. The minimum Gasteiger partial charge on any atom is -0.612 e. The maximum atomic E-state index is 13.1. The van der Waals surface area contributed by atoms with Gasteiger partial charge < -0.3 is 25.7 Å². The van der Waals surface area contributed by atoms with Crippen molar-refractivity contribution in [3.63, 3.8) is 0 Å². The van der Waals surface area contributed by atoms with Crippen LogP contribution in [0.25, 0.3) is 10.9 Å². The van der Waals surface area contributed by atoms with Gasteiger partial charge in [0.05, 0.1) is 6.54 Å². The van der Waals surface area contributed by atoms with Crippen LogP contribution in [0.15, 0.2) is 60.3 Å². The summed E-state index contributed by atoms with van der Waals surface area (Å²) in [5.41, 5.74) is 6.60. The monoisotopic (exact) mass is 404 g/mol. The lowest BCUT2D eigenvalue weighted by atomic mass is 9.94. The zero-order chi connectivity index (χ0) is 20.8. The Bertz CT molecular complexity index is 1170. The van der Waals surface area contributed by atoms with E-state index in [4.69, 9.17) is 0 Å². The van der Waals surface area contributed by atoms with Crippen molar-refractivity contribution in [1.29, 1.82) is 0 Å². The van der Waals surface area contributed by atoms with Crippen LogP contribution in [0.5, 0.6) is 0 Å². The fraction of sp³-hybridized carbons (Fsp3) is 0.190. The molecule has 3 aliphatic rings. The molecule has 1 unspecified atom stereocenters. The number of carbonyl (C=O) groups is 2. The van der Waals surface area contributed by atoms with E-state index in [1.807, 2.05) is 24.3 Å². The fourth-order valence-corrected chi connectivity index (χ4v) is 4.13. The third-order valence-corrected chi connectivity index (χ3v) is 5.66. The van der Waals surface area contributed by atoms with Crippen molar-refractivity contribution in [2.24, 2.45) is 0 Å². The number of hydrazine groups is 1. The lowest BCUT2D eigenvalue weighted by Crippen LogP contribution is -2.63. The van der Waals surface area contributed by atoms with E-state index in [1.54, 1.807) is 23.3 Å². The lowest BCUT2D eigenvalue weighted by Gasteiger charge is -2.42. The summed E-state index contributed by atoms with van der Waals surface area (Å²) in [5, 5.41) is 23.9. The van der Waals surface area contributed by atoms with Crippen LogP contribution in [0.1, 0.15) is 11.3 Å². The Morgan fingerprint density at radius 3 is 2.63 bits per heavy atom. The second kappa shape index (κ2) is 6.80. The summed E-state index contributed by atoms with van der Waals surface area (Å²) in [6.45, 7) is 0.313. The molecule has 5 rings (SSSR count). The van der Waals surface area contributed by atoms with Gasteiger partial charge in [0.25, 0.3) is 5.91 Å². The predicted octanol–water partition coefficient (Wildman–Crippen LogP) is 1.23. The summed E-state index contributed by atoms with van der Waals surface area (Å²) in [5.74, 6) is -0.308. The molecule has 1 aromatic carbocycles. The number of benzene rings is 1. The van der Waals surface area contributed by atoms with Gasteiger partial charge in [-0.3, -0.25) is 9.59 Å². The number of allylic oxidation sites excluding steroid dienone is 5. The first-order valence-corrected chi connectivity index (χ1v) is 9.54. The highest BCUT2D eigenvalue weighted by Crippen LogP contribution is 2.32. The number of carbonyl (C=O) groups excluding carboxylic acids is 2. The number of hydrogen-bond acceptors (Lipinski definition) is 5. The highest BCUT2D eigenvalue weighted by Gasteiger charge is 2.43. The smallest absolute Gasteiger partial charge is 0.264 e. The van der Waals surface area contributed by atoms with E-state index in [0.29, 0.717) is 18.5 Å². The largest absolute Gasteiger partial charge is 0.612 e. The molecule has 1 atom stereocenters. The van der Waals surface area contributed by atoms with Crippen LogP contribution in [0, 0.1) is 10.4 Å². The van der Waals surface area contributed by atoms with Gasteiger partial charge in [-0.1, -0.05) is 18.2 Å². The van der Waals surface area contributed by atoms with Gasteiger partial charge in [-0.15, -0.1) is 0 Å². The molecule has 2 aromatic rings. The van der Waals surface area contributed by atoms with E-state index in [-0.39, 0.29) is 24.1 Å². The standard InChI is InChI=1S/C21H18N5O4/c27-20-12-25(22-10-13-5-7-14(8-6-13)26(29)30)21(28)19-9-16-15-3-1-2-4-17(15)23-18(16)11-24(19)20/h1-8,10,19,22-23H,9,11-12H2/q-1. The van der Waals surface area contributed by atoms with E-state index >= 15 is 0 Å². The van der Waals surface area contributed by atoms with Crippen molar-refractivity contribution in [2.75, 3.05) is 6.54 Å². The number of aromatic nitrogens is 1. The summed E-state index contributed by atoms with van der Waals surface area (Å²) in [6.07, 6.45) is 7.94. The number of nitrogens with one attached hydrogen (secondary N) is 2. The lowest BCUT2D eigenvalue weighted by molar-refractivity contribution is -0.377. The van der Waals surface area contributed by atoms with Gasteiger partial charge >= 0.3 is 0 Å². The minimum absolute atomic E-state index is 0.0104. The van der Waals surface area contributed by atoms with Crippen molar-refractivity contribution >= 4 is 28.4 Å². The Hall–Kier alpha value is -4.01. The van der Waals surface area contributed by atoms with E-state index in [0.717, 1.165) is 22.2 Å². The average molecular weight is 404 g/mol. The summed E-state index contributed by atoms with van der Waals surface area (Å²) in [7, 11) is 0. The minimum atomic E-state index is -0.560. The quantitative estimate of drug-likeness (QED) is 0.577. The molecule has 9 heteroatoms. The molecule has 0 bridgehead atoms. The number of fused-ring (bicyclic) bond motifs is 4. The predicted molar refractivity (Wildman–Crippen MR) is 110 cm³/mol. The highest BCUT2D eigenvalue weighted by molar-refractivity contribution is 6.02. The number of para-hydroxylation sites is 1. The molecule has 0 radical (unpaired) electrons. The Labute approximate surface area is 171 Å². The Morgan fingerprint density at radius 1 is 1.10 bits per heavy atom. The van der Waals surface area contributed by atoms with Crippen molar-refractivity contribution < 1.29 is 14.5 Å². The van der Waals surface area contributed by atoms with Crippen molar-refractivity contribution in [1.82, 2.24) is 20.3 Å². The van der Waals surface area contributed by atoms with E-state index in [2.05, 4.69) is 10.4 Å². The molecule has 30 heavy (non-hydrogen) atoms. The van der Waals surface area contributed by atoms with Gasteiger partial charge in [0.15, 0.2) is 0 Å². The molecule has 2 N–H and O–H groups in total. The van der Waals surface area contributed by atoms with Crippen LogP contribution in [0.2, 0.25) is 0 Å². The van der Waals surface area contributed by atoms with Crippen molar-refractivity contribution in [2.45, 2.75) is 19.0 Å². The second-order valence-electron chi connectivity index (χ2n) is 7.42. The summed E-state index contributed by atoms with van der Waals surface area (Å²) in [6, 6.07) is 7.37. The van der Waals surface area contributed by atoms with Crippen molar-refractivity contribution in [3.05, 3.63) is 82.0 Å². The molecule has 2 aliphatic heterocycles. The third kappa shape index (κ3) is 2.91. The number of H-pyrrole nitrogens is 1. The normalized spacial score (nSPS) is 20.5. The zero-order valence-electron chi connectivity index (χ0n) is 15.9. The van der Waals surface area contributed by atoms with E-state index in [1.165, 1.54) is 17.2 Å². The Kier molecular flexibility index (Phi) is 4.09. The molecule has 152 valence electrons. The van der Waals surface area contributed by atoms with Gasteiger partial charge in [0.2, 0.25) is 11.6 Å². The van der Waals surface area contributed by atoms with Gasteiger partial charge in [-0.05, 0) is 29.4 Å². The van der Waals surface area contributed by atoms with E-state index < -0.39 is 10.9 Å². The first-order valence-electron chi connectivity index (χ1n) is 9.54. The molecule has 1 saturated heterocycles. The van der Waals surface area contributed by atoms with Crippen LogP contribution in [0.4, 0.5) is 0 Å².